The number of nitrogens with one attached hydrogen (secondary N) is 2. The quantitative estimate of drug-likeness (QED) is 0.561. The molecule has 0 radical (unpaired) electrons. The van der Waals surface area contributed by atoms with Crippen molar-refractivity contribution in [2.45, 2.75) is 0 Å². The number of nitrogens with zero attached hydrogens (tertiary/aromatic N) is 2. The van der Waals surface area contributed by atoms with Gasteiger partial charge in [-0.05, 0) is 18.2 Å². The summed E-state index contributed by atoms with van der Waals surface area (Å²) < 4.78 is 5.65. The topological polar surface area (TPSA) is 64.5 Å². The van der Waals surface area contributed by atoms with E-state index in [0.29, 0.717) is 13.1 Å². The Kier molecular flexibility index (Phi) is 3.74. The van der Waals surface area contributed by atoms with Crippen LogP contribution < -0.4 is 10.2 Å². The first kappa shape index (κ1) is 15.8. The lowest BCUT2D eigenvalue weighted by atomic mass is 10.2. The highest BCUT2D eigenvalue weighted by atomic mass is 16.3. The molecule has 5 rings (SSSR count). The molecule has 1 saturated heterocycles. The van der Waals surface area contributed by atoms with Crippen molar-refractivity contribution in [3.63, 3.8) is 0 Å². The van der Waals surface area contributed by atoms with Crippen LogP contribution in [0.15, 0.2) is 65.4 Å². The first-order chi connectivity index (χ1) is 13.3. The Morgan fingerprint density at radius 3 is 2.56 bits per heavy atom. The molecule has 1 aliphatic rings. The van der Waals surface area contributed by atoms with E-state index in [2.05, 4.69) is 21.3 Å². The molecule has 2 aromatic carbocycles. The molecular weight excluding hydrogens is 340 g/mol. The summed E-state index contributed by atoms with van der Waals surface area (Å²) in [5.41, 5.74) is 3.83. The van der Waals surface area contributed by atoms with Crippen molar-refractivity contribution in [2.75, 3.05) is 36.4 Å². The molecular formula is C21H20N4O2. The van der Waals surface area contributed by atoms with E-state index in [0.717, 1.165) is 46.3 Å². The van der Waals surface area contributed by atoms with Gasteiger partial charge in [0.15, 0.2) is 0 Å². The lowest BCUT2D eigenvalue weighted by Gasteiger charge is -2.35. The molecule has 6 nitrogen and oxygen atoms in total. The number of aromatic nitrogens is 1. The number of amides is 2. The molecule has 0 aliphatic carbocycles. The monoisotopic (exact) mass is 360 g/mol. The number of H-pyrrole nitrogens is 1. The molecule has 6 heteroatoms. The van der Waals surface area contributed by atoms with Crippen LogP contribution in [0.3, 0.4) is 0 Å². The van der Waals surface area contributed by atoms with Crippen LogP contribution >= 0.6 is 0 Å². The summed E-state index contributed by atoms with van der Waals surface area (Å²) in [6, 6.07) is 15.9. The van der Waals surface area contributed by atoms with Crippen LogP contribution in [-0.4, -0.2) is 42.1 Å². The van der Waals surface area contributed by atoms with E-state index in [4.69, 9.17) is 4.42 Å². The number of hydrogen-bond acceptors (Lipinski definition) is 3. The maximum atomic E-state index is 12.7. The molecule has 2 N–H and O–H groups in total. The summed E-state index contributed by atoms with van der Waals surface area (Å²) >= 11 is 0. The first-order valence-corrected chi connectivity index (χ1v) is 9.13. The number of furan rings is 1. The number of piperazine rings is 1. The maximum Gasteiger partial charge on any atom is 0.322 e. The Bertz CT molecular complexity index is 1110. The first-order valence-electron chi connectivity index (χ1n) is 9.13. The number of rotatable bonds is 2. The third kappa shape index (κ3) is 2.79. The Morgan fingerprint density at radius 1 is 0.963 bits per heavy atom. The molecule has 2 aromatic heterocycles. The van der Waals surface area contributed by atoms with E-state index in [-0.39, 0.29) is 6.03 Å². The zero-order valence-electron chi connectivity index (χ0n) is 14.8. The van der Waals surface area contributed by atoms with Gasteiger partial charge in [0, 0.05) is 48.7 Å². The molecule has 136 valence electrons. The number of carbonyl (C=O) groups is 1. The van der Waals surface area contributed by atoms with E-state index < -0.39 is 0 Å². The van der Waals surface area contributed by atoms with Gasteiger partial charge in [-0.25, -0.2) is 4.79 Å². The van der Waals surface area contributed by atoms with Crippen molar-refractivity contribution >= 4 is 39.3 Å². The van der Waals surface area contributed by atoms with Gasteiger partial charge in [-0.15, -0.1) is 0 Å². The summed E-state index contributed by atoms with van der Waals surface area (Å²) in [5.74, 6) is 0. The molecule has 0 bridgehead atoms. The predicted octanol–water partition coefficient (Wildman–Crippen LogP) is 4.27. The van der Waals surface area contributed by atoms with Gasteiger partial charge in [0.05, 0.1) is 11.4 Å². The molecule has 4 aromatic rings. The lowest BCUT2D eigenvalue weighted by Crippen LogP contribution is -2.50. The number of fused-ring (bicyclic) bond motifs is 2. The predicted molar refractivity (Wildman–Crippen MR) is 107 cm³/mol. The Balaban J connectivity index is 1.27. The van der Waals surface area contributed by atoms with Gasteiger partial charge in [0.1, 0.15) is 11.8 Å². The zero-order valence-corrected chi connectivity index (χ0v) is 14.8. The third-order valence-electron chi connectivity index (χ3n) is 5.20. The van der Waals surface area contributed by atoms with Crippen LogP contribution in [0.1, 0.15) is 0 Å². The van der Waals surface area contributed by atoms with Crippen molar-refractivity contribution in [2.24, 2.45) is 0 Å². The van der Waals surface area contributed by atoms with Crippen LogP contribution in [0.25, 0.3) is 21.9 Å². The van der Waals surface area contributed by atoms with Gasteiger partial charge >= 0.3 is 6.03 Å². The van der Waals surface area contributed by atoms with Gasteiger partial charge in [-0.3, -0.25) is 0 Å². The summed E-state index contributed by atoms with van der Waals surface area (Å²) in [5, 5.41) is 5.17. The minimum atomic E-state index is -0.0588. The van der Waals surface area contributed by atoms with E-state index >= 15 is 0 Å². The number of para-hydroxylation sites is 2. The Labute approximate surface area is 156 Å². The van der Waals surface area contributed by atoms with Gasteiger partial charge < -0.3 is 24.5 Å². The van der Waals surface area contributed by atoms with Gasteiger partial charge in [0.25, 0.3) is 0 Å². The number of anilines is 2. The second-order valence-corrected chi connectivity index (χ2v) is 6.77. The van der Waals surface area contributed by atoms with Crippen molar-refractivity contribution in [3.05, 3.63) is 61.0 Å². The molecule has 1 fully saturated rings. The molecule has 0 spiro atoms. The number of carbonyl (C=O) groups excluding carboxylic acids is 1. The largest absolute Gasteiger partial charge is 0.462 e. The summed E-state index contributed by atoms with van der Waals surface area (Å²) in [6.45, 7) is 2.91. The van der Waals surface area contributed by atoms with Gasteiger partial charge in [-0.2, -0.15) is 0 Å². The highest BCUT2D eigenvalue weighted by Gasteiger charge is 2.23. The fourth-order valence-corrected chi connectivity index (χ4v) is 3.73. The summed E-state index contributed by atoms with van der Waals surface area (Å²) in [4.78, 5) is 20.0. The second kappa shape index (κ2) is 6.39. The zero-order chi connectivity index (χ0) is 18.2. The Hall–Kier alpha value is -3.41. The molecule has 1 aliphatic heterocycles. The lowest BCUT2D eigenvalue weighted by molar-refractivity contribution is 0.208. The van der Waals surface area contributed by atoms with Crippen LogP contribution in [0.4, 0.5) is 16.2 Å². The average molecular weight is 360 g/mol. The van der Waals surface area contributed by atoms with Crippen LogP contribution in [0.5, 0.6) is 0 Å². The van der Waals surface area contributed by atoms with E-state index in [1.807, 2.05) is 59.8 Å². The van der Waals surface area contributed by atoms with Crippen molar-refractivity contribution in [1.82, 2.24) is 9.88 Å². The van der Waals surface area contributed by atoms with Crippen molar-refractivity contribution in [3.8, 4) is 0 Å². The third-order valence-corrected chi connectivity index (χ3v) is 5.20. The minimum absolute atomic E-state index is 0.0588. The van der Waals surface area contributed by atoms with Gasteiger partial charge in [0.2, 0.25) is 0 Å². The number of hydrogen-bond donors (Lipinski definition) is 2. The van der Waals surface area contributed by atoms with Crippen molar-refractivity contribution in [1.29, 1.82) is 0 Å². The van der Waals surface area contributed by atoms with E-state index in [9.17, 15) is 4.79 Å². The molecule has 0 saturated carbocycles. The molecule has 0 atom stereocenters. The smallest absolute Gasteiger partial charge is 0.322 e. The van der Waals surface area contributed by atoms with Crippen LogP contribution in [0.2, 0.25) is 0 Å². The highest BCUT2D eigenvalue weighted by molar-refractivity contribution is 6.01. The molecule has 3 heterocycles. The summed E-state index contributed by atoms with van der Waals surface area (Å²) in [7, 11) is 0. The SMILES string of the molecule is O=C(Nc1c[nH]c2ccccc12)N1CCN(c2coc3ccccc23)CC1. The standard InChI is InChI=1S/C21H20N4O2/c26-21(23-18-13-22-17-7-3-1-5-15(17)18)25-11-9-24(10-12-25)19-14-27-20-8-4-2-6-16(19)20/h1-8,13-14,22H,9-12H2,(H,23,26). The second-order valence-electron chi connectivity index (χ2n) is 6.77. The number of benzene rings is 2. The summed E-state index contributed by atoms with van der Waals surface area (Å²) in [6.07, 6.45) is 3.66. The normalized spacial score (nSPS) is 14.8. The van der Waals surface area contributed by atoms with E-state index in [1.165, 1.54) is 0 Å². The molecule has 27 heavy (non-hydrogen) atoms. The van der Waals surface area contributed by atoms with Crippen LogP contribution in [0, 0.1) is 0 Å². The van der Waals surface area contributed by atoms with Crippen LogP contribution in [-0.2, 0) is 0 Å². The molecule has 2 amide bonds. The Morgan fingerprint density at radius 2 is 1.70 bits per heavy atom. The van der Waals surface area contributed by atoms with Gasteiger partial charge in [-0.1, -0.05) is 30.3 Å². The average Bonchev–Trinajstić information content (AvgIpc) is 3.33. The minimum Gasteiger partial charge on any atom is -0.462 e. The fraction of sp³-hybridized carbons (Fsp3) is 0.190. The number of aromatic amines is 1. The fourth-order valence-electron chi connectivity index (χ4n) is 3.73. The molecule has 0 unspecified atom stereocenters. The highest BCUT2D eigenvalue weighted by Crippen LogP contribution is 2.29. The van der Waals surface area contributed by atoms with Crippen molar-refractivity contribution < 1.29 is 9.21 Å². The van der Waals surface area contributed by atoms with E-state index in [1.54, 1.807) is 0 Å². The number of urea groups is 1. The maximum absolute atomic E-state index is 12.7.